The van der Waals surface area contributed by atoms with Crippen molar-refractivity contribution >= 4 is 166 Å². The fraction of sp³-hybridized carbons (Fsp3) is 0.0800. The Morgan fingerprint density at radius 1 is 0.495 bits per heavy atom. The van der Waals surface area contributed by atoms with E-state index in [1.807, 2.05) is 78.9 Å². The number of aryl methyl sites for hydroxylation is 2. The summed E-state index contributed by atoms with van der Waals surface area (Å²) >= 11 is 7.12. The molecule has 0 unspecified atom stereocenters. The molecule has 1 aliphatic rings. The molecule has 502 valence electrons. The second kappa shape index (κ2) is 44.0. The first-order chi connectivity index (χ1) is 45.2. The van der Waals surface area contributed by atoms with Crippen molar-refractivity contribution < 1.29 is 77.4 Å². The van der Waals surface area contributed by atoms with Gasteiger partial charge in [0, 0.05) is 74.6 Å². The van der Waals surface area contributed by atoms with Crippen LogP contribution in [-0.4, -0.2) is 26.5 Å². The van der Waals surface area contributed by atoms with Gasteiger partial charge in [-0.3, -0.25) is 31.9 Å². The third kappa shape index (κ3) is 22.5. The summed E-state index contributed by atoms with van der Waals surface area (Å²) in [6.45, 7) is 1.93. The summed E-state index contributed by atoms with van der Waals surface area (Å²) in [5.41, 5.74) is 18.3. The average Bonchev–Trinajstić information content (AvgIpc) is 0.817. The molecule has 22 heteroatoms. The number of aliphatic hydroxyl groups is 1. The molecule has 14 aromatic carbocycles. The monoisotopic (exact) mass is 1620 g/mol. The fourth-order valence-electron chi connectivity index (χ4n) is 10.6. The summed E-state index contributed by atoms with van der Waals surface area (Å²) in [6, 6.07) is 84.8. The molecule has 16 nitrogen and oxygen atoms in total. The Hall–Kier alpha value is -8.00. The molecule has 0 amide bonds. The number of hydrazine groups is 1. The van der Waals surface area contributed by atoms with Gasteiger partial charge in [0.1, 0.15) is 0 Å². The van der Waals surface area contributed by atoms with E-state index in [9.17, 15) is 20.2 Å². The first-order valence-corrected chi connectivity index (χ1v) is 30.4. The Labute approximate surface area is 631 Å². The van der Waals surface area contributed by atoms with Gasteiger partial charge in [0.15, 0.2) is 0 Å². The number of nitrogens with zero attached hydrogens (tertiary/aromatic N) is 3. The van der Waals surface area contributed by atoms with Crippen molar-refractivity contribution in [2.45, 2.75) is 34.6 Å². The van der Waals surface area contributed by atoms with Gasteiger partial charge in [-0.05, 0) is 181 Å². The van der Waals surface area contributed by atoms with Gasteiger partial charge in [-0.15, -0.1) is 22.3 Å². The van der Waals surface area contributed by atoms with Gasteiger partial charge in [0.05, 0.1) is 9.85 Å². The van der Waals surface area contributed by atoms with Gasteiger partial charge < -0.3 is 39.0 Å². The number of non-ortho nitro benzene ring substituents is 2. The van der Waals surface area contributed by atoms with E-state index in [0.29, 0.717) is 0 Å². The van der Waals surface area contributed by atoms with Gasteiger partial charge in [0.2, 0.25) is 0 Å². The Balaban J connectivity index is 0.00000114. The molecule has 0 fully saturated rings. The molecule has 0 spiro atoms. The van der Waals surface area contributed by atoms with Crippen molar-refractivity contribution in [3.05, 3.63) is 313 Å². The van der Waals surface area contributed by atoms with E-state index in [0.717, 1.165) is 71.2 Å². The van der Waals surface area contributed by atoms with Crippen molar-refractivity contribution in [1.29, 1.82) is 0 Å². The van der Waals surface area contributed by atoms with Crippen LogP contribution in [-0.2, 0) is 37.8 Å². The predicted octanol–water partition coefficient (Wildman–Crippen LogP) is 18.7. The Kier molecular flexibility index (Phi) is 38.6. The second-order valence-electron chi connectivity index (χ2n) is 19.9. The van der Waals surface area contributed by atoms with E-state index in [1.54, 1.807) is 31.2 Å². The number of nitro benzene ring substituents is 2. The normalized spacial score (nSPS) is 10.0. The van der Waals surface area contributed by atoms with Crippen LogP contribution in [0.4, 0.5) is 22.7 Å². The van der Waals surface area contributed by atoms with Gasteiger partial charge in [-0.1, -0.05) is 225 Å². The van der Waals surface area contributed by atoms with Crippen molar-refractivity contribution in [1.82, 2.24) is 0 Å². The Morgan fingerprint density at radius 3 is 1.33 bits per heavy atom. The number of benzene rings is 14. The molecule has 0 radical (unpaired) electrons. The maximum atomic E-state index is 10.7. The van der Waals surface area contributed by atoms with Crippen LogP contribution in [0.25, 0.3) is 97.3 Å². The summed E-state index contributed by atoms with van der Waals surface area (Å²) in [6.07, 6.45) is 1.85. The molecular weight excluding hydrogens is 1540 g/mol. The molecule has 0 saturated carbocycles. The number of anilines is 2. The largest absolute Gasteiger partial charge is 1.00 e. The van der Waals surface area contributed by atoms with Crippen molar-refractivity contribution in [2.24, 2.45) is 17.0 Å². The minimum absolute atomic E-state index is 0. The van der Waals surface area contributed by atoms with Crippen molar-refractivity contribution in [3.8, 4) is 11.1 Å². The van der Waals surface area contributed by atoms with Gasteiger partial charge in [-0.2, -0.15) is 0 Å². The molecule has 1 aliphatic carbocycles. The zero-order valence-corrected chi connectivity index (χ0v) is 61.0. The molecule has 97 heavy (non-hydrogen) atoms. The number of rotatable bonds is 2. The molecule has 0 aromatic heterocycles. The Bertz CT molecular complexity index is 4900. The molecule has 0 atom stereocenters. The third-order valence-corrected chi connectivity index (χ3v) is 16.2. The number of aliphatic hydroxyl groups excluding tert-OH is 1. The van der Waals surface area contributed by atoms with Crippen LogP contribution in [0.5, 0.6) is 0 Å². The number of fused-ring (bicyclic) bond motifs is 15. The Morgan fingerprint density at radius 2 is 0.825 bits per heavy atom. The minimum Gasteiger partial charge on any atom is -0.444 e. The van der Waals surface area contributed by atoms with E-state index in [4.69, 9.17) is 39.1 Å². The molecule has 0 saturated heterocycles. The van der Waals surface area contributed by atoms with Crippen LogP contribution in [0.1, 0.15) is 35.9 Å². The van der Waals surface area contributed by atoms with Gasteiger partial charge in [0.25, 0.3) is 11.4 Å². The number of halogens is 3. The zero-order valence-electron chi connectivity index (χ0n) is 53.7. The molecule has 0 aliphatic heterocycles. The smallest absolute Gasteiger partial charge is 0.444 e. The third-order valence-electron chi connectivity index (χ3n) is 14.6. The number of nitrogens with two attached hydrogens (primary N) is 4. The maximum absolute atomic E-state index is 10.7. The number of hydrogen-bond donors (Lipinski definition) is 6. The van der Waals surface area contributed by atoms with E-state index < -0.39 is 8.69 Å². The second-order valence-corrected chi connectivity index (χ2v) is 21.7. The minimum atomic E-state index is -0.833. The zero-order chi connectivity index (χ0) is 67.4. The number of hydrogen-bond acceptors (Lipinski definition) is 13. The van der Waals surface area contributed by atoms with Crippen LogP contribution in [0.3, 0.4) is 0 Å². The van der Waals surface area contributed by atoms with Gasteiger partial charge in [-0.25, -0.2) is 4.57 Å². The molecule has 14 aromatic rings. The van der Waals surface area contributed by atoms with E-state index in [2.05, 4.69) is 195 Å². The van der Waals surface area contributed by atoms with E-state index in [-0.39, 0.29) is 117 Å². The first-order valence-electron chi connectivity index (χ1n) is 29.1. The summed E-state index contributed by atoms with van der Waals surface area (Å²) < 4.78 is 20.6. The first kappa shape index (κ1) is 85.1. The molecule has 15 rings (SSSR count). The summed E-state index contributed by atoms with van der Waals surface area (Å²) in [4.78, 5) is 35.7. The molecule has 10 N–H and O–H groups in total. The van der Waals surface area contributed by atoms with Crippen LogP contribution in [0.2, 0.25) is 0 Å². The van der Waals surface area contributed by atoms with Crippen LogP contribution in [0.15, 0.2) is 269 Å². The quantitative estimate of drug-likeness (QED) is 0.0108. The summed E-state index contributed by atoms with van der Waals surface area (Å²) in [7, 11) is -0.833. The topological polar surface area (TPSA) is 300 Å². The molecule has 0 heterocycles. The van der Waals surface area contributed by atoms with Crippen LogP contribution < -0.4 is 52.7 Å². The van der Waals surface area contributed by atoms with Crippen LogP contribution >= 0.6 is 57.5 Å². The molecule has 0 bridgehead atoms. The number of nitro groups is 2. The summed E-state index contributed by atoms with van der Waals surface area (Å²) in [5.74, 6) is 8.00. The molecular formula is C75H75Br3N7NaO9PPd-. The SMILES string of the molecule is Br.Brc1cccc2c1ccc1ccccc12.C.C.CCO.NN.Nc1ccc2c(ccc3ccccc32)c1.Nc1ccc2c(ccc3ccccc32)c1Br.O=N[O-].O=PO.O=[N+]([O-])c1ccc2c(c1)CCc1ccccc1-2.O=[N+]([O-])c1ccc2c(ccc3ccccc32)c1.[2H][2H].[CH3-].[Na+].[Pd]. The fourth-order valence-corrected chi connectivity index (χ4v) is 11.6. The van der Waals surface area contributed by atoms with Crippen molar-refractivity contribution in [3.63, 3.8) is 0 Å². The van der Waals surface area contributed by atoms with E-state index in [1.165, 1.54) is 75.8 Å². The average molecular weight is 1620 g/mol. The number of nitrogen functional groups attached to an aromatic ring is 2. The maximum Gasteiger partial charge on any atom is 1.00 e. The predicted molar refractivity (Wildman–Crippen MR) is 415 cm³/mol. The van der Waals surface area contributed by atoms with Crippen molar-refractivity contribution in [2.75, 3.05) is 18.1 Å². The van der Waals surface area contributed by atoms with Gasteiger partial charge >= 0.3 is 38.2 Å². The van der Waals surface area contributed by atoms with E-state index >= 15 is 0 Å². The standard InChI is InChI=1S/C14H10BrN.C14H9Br.C14H11NO2.C14H9NO2.C14H11N.C2H6O.2CH4.CH3.BrH.H4N2.HNO2.Na.HO2P.Pd.H2/c15-14-12-6-5-9-3-1-2-4-10(9)11(12)7-8-13(14)16;15-14-7-3-6-12-11-5-2-1-4-10(11)8-9-13(12)14;2*16-15(17)12-7-8-14-11(9-12)6-5-10-3-1-2-4-13(10)14;15-12-7-8-14-11(9-12)6-5-10-3-1-2-4-13(10)14;1-2-3;;;;;1-2;2-1-3;;1-3-2;;/h1-8H,16H2;1-9H;1-4,7-9H,5-6H2;1-9H;1-9H,15H2;3H,2H2,1H3;2*1H4;1H3;1H;1-2H2;(H,2,3);;(H,1,2);;1H/q;;;;;;;;-1;;;;+1;;;/p-1/i;;;;;;;;;;;;;;;1+1D. The van der Waals surface area contributed by atoms with Crippen LogP contribution in [0, 0.1) is 37.8 Å². The summed E-state index contributed by atoms with van der Waals surface area (Å²) in [5, 5.41) is 57.4.